The first-order valence-electron chi connectivity index (χ1n) is 6.11. The molecule has 0 spiro atoms. The Kier molecular flexibility index (Phi) is 3.13. The van der Waals surface area contributed by atoms with Crippen LogP contribution < -0.4 is 0 Å². The highest BCUT2D eigenvalue weighted by Crippen LogP contribution is 2.44. The Bertz CT molecular complexity index is 332. The van der Waals surface area contributed by atoms with E-state index < -0.39 is 11.4 Å². The SMILES string of the molecule is O=C(O)C1(C2C=CCCC2)CCCCC1=O. The van der Waals surface area contributed by atoms with Crippen molar-refractivity contribution in [1.82, 2.24) is 0 Å². The van der Waals surface area contributed by atoms with E-state index in [9.17, 15) is 14.7 Å². The van der Waals surface area contributed by atoms with Crippen LogP contribution in [0.1, 0.15) is 44.9 Å². The summed E-state index contributed by atoms with van der Waals surface area (Å²) in [7, 11) is 0. The number of carboxylic acids is 1. The maximum atomic E-state index is 12.0. The minimum absolute atomic E-state index is 0.0530. The van der Waals surface area contributed by atoms with Crippen LogP contribution >= 0.6 is 0 Å². The molecule has 2 unspecified atom stereocenters. The number of hydrogen-bond donors (Lipinski definition) is 1. The second kappa shape index (κ2) is 4.40. The Balaban J connectivity index is 2.33. The number of ketones is 1. The molecule has 0 bridgehead atoms. The molecule has 16 heavy (non-hydrogen) atoms. The number of carbonyl (C=O) groups excluding carboxylic acids is 1. The van der Waals surface area contributed by atoms with E-state index in [1.807, 2.05) is 12.2 Å². The summed E-state index contributed by atoms with van der Waals surface area (Å²) in [6.07, 6.45) is 9.53. The summed E-state index contributed by atoms with van der Waals surface area (Å²) in [6.45, 7) is 0. The normalized spacial score (nSPS) is 35.0. The Morgan fingerprint density at radius 1 is 1.38 bits per heavy atom. The molecule has 2 rings (SSSR count). The quantitative estimate of drug-likeness (QED) is 0.577. The van der Waals surface area contributed by atoms with Gasteiger partial charge in [0, 0.05) is 6.42 Å². The summed E-state index contributed by atoms with van der Waals surface area (Å²) in [4.78, 5) is 23.6. The first-order chi connectivity index (χ1) is 7.68. The number of rotatable bonds is 2. The van der Waals surface area contributed by atoms with Crippen molar-refractivity contribution in [3.63, 3.8) is 0 Å². The van der Waals surface area contributed by atoms with E-state index in [-0.39, 0.29) is 11.7 Å². The van der Waals surface area contributed by atoms with Crippen molar-refractivity contribution in [2.45, 2.75) is 44.9 Å². The molecule has 1 saturated carbocycles. The molecule has 88 valence electrons. The van der Waals surface area contributed by atoms with Crippen molar-refractivity contribution < 1.29 is 14.7 Å². The van der Waals surface area contributed by atoms with Gasteiger partial charge >= 0.3 is 5.97 Å². The van der Waals surface area contributed by atoms with Gasteiger partial charge in [0.2, 0.25) is 0 Å². The van der Waals surface area contributed by atoms with Gasteiger partial charge in [-0.05, 0) is 38.0 Å². The first-order valence-corrected chi connectivity index (χ1v) is 6.11. The molecule has 2 aliphatic carbocycles. The highest BCUT2D eigenvalue weighted by Gasteiger charge is 2.51. The standard InChI is InChI=1S/C13H18O3/c14-11-8-4-5-9-13(11,12(15)16)10-6-2-1-3-7-10/h2,6,10H,1,3-5,7-9H2,(H,15,16). The zero-order valence-corrected chi connectivity index (χ0v) is 9.45. The van der Waals surface area contributed by atoms with Crippen LogP contribution in [0.5, 0.6) is 0 Å². The molecule has 0 amide bonds. The molecule has 0 aromatic rings. The maximum Gasteiger partial charge on any atom is 0.317 e. The lowest BCUT2D eigenvalue weighted by Crippen LogP contribution is -2.47. The summed E-state index contributed by atoms with van der Waals surface area (Å²) in [5, 5.41) is 9.46. The molecule has 3 nitrogen and oxygen atoms in total. The number of Topliss-reactive ketones (excluding diaryl/α,β-unsaturated/α-hetero) is 1. The predicted octanol–water partition coefficient (Wildman–Crippen LogP) is 2.56. The number of carboxylic acid groups (broad SMARTS) is 1. The van der Waals surface area contributed by atoms with E-state index in [0.717, 1.165) is 32.1 Å². The molecule has 0 aromatic carbocycles. The average Bonchev–Trinajstić information content (AvgIpc) is 2.30. The summed E-state index contributed by atoms with van der Waals surface area (Å²) in [5.41, 5.74) is -1.10. The van der Waals surface area contributed by atoms with Crippen molar-refractivity contribution in [3.8, 4) is 0 Å². The fourth-order valence-electron chi connectivity index (χ4n) is 3.05. The summed E-state index contributed by atoms with van der Waals surface area (Å²) < 4.78 is 0. The molecule has 0 heterocycles. The topological polar surface area (TPSA) is 54.4 Å². The number of hydrogen-bond acceptors (Lipinski definition) is 2. The van der Waals surface area contributed by atoms with Gasteiger partial charge in [-0.15, -0.1) is 0 Å². The Labute approximate surface area is 95.5 Å². The smallest absolute Gasteiger partial charge is 0.317 e. The minimum Gasteiger partial charge on any atom is -0.480 e. The van der Waals surface area contributed by atoms with Gasteiger partial charge in [0.1, 0.15) is 5.41 Å². The molecule has 0 radical (unpaired) electrons. The van der Waals surface area contributed by atoms with Crippen LogP contribution in [0.3, 0.4) is 0 Å². The lowest BCUT2D eigenvalue weighted by molar-refractivity contribution is -0.160. The van der Waals surface area contributed by atoms with E-state index >= 15 is 0 Å². The number of carbonyl (C=O) groups is 2. The minimum atomic E-state index is -1.10. The van der Waals surface area contributed by atoms with Crippen LogP contribution in [0.4, 0.5) is 0 Å². The van der Waals surface area contributed by atoms with Crippen LogP contribution in [-0.4, -0.2) is 16.9 Å². The summed E-state index contributed by atoms with van der Waals surface area (Å²) in [6, 6.07) is 0. The van der Waals surface area contributed by atoms with Crippen LogP contribution in [0.15, 0.2) is 12.2 Å². The number of allylic oxidation sites excluding steroid dienone is 2. The largest absolute Gasteiger partial charge is 0.480 e. The van der Waals surface area contributed by atoms with Crippen LogP contribution in [-0.2, 0) is 9.59 Å². The van der Waals surface area contributed by atoms with Crippen LogP contribution in [0.25, 0.3) is 0 Å². The molecule has 0 aliphatic heterocycles. The van der Waals surface area contributed by atoms with Gasteiger partial charge in [-0.25, -0.2) is 0 Å². The van der Waals surface area contributed by atoms with Crippen molar-refractivity contribution in [1.29, 1.82) is 0 Å². The molecule has 2 aliphatic rings. The highest BCUT2D eigenvalue weighted by atomic mass is 16.4. The van der Waals surface area contributed by atoms with Crippen LogP contribution in [0.2, 0.25) is 0 Å². The molecular weight excluding hydrogens is 204 g/mol. The zero-order valence-electron chi connectivity index (χ0n) is 9.45. The van der Waals surface area contributed by atoms with Crippen molar-refractivity contribution in [2.75, 3.05) is 0 Å². The van der Waals surface area contributed by atoms with Gasteiger partial charge in [-0.2, -0.15) is 0 Å². The summed E-state index contributed by atoms with van der Waals surface area (Å²) >= 11 is 0. The van der Waals surface area contributed by atoms with E-state index in [1.54, 1.807) is 0 Å². The Hall–Kier alpha value is -1.12. The van der Waals surface area contributed by atoms with Crippen molar-refractivity contribution in [2.24, 2.45) is 11.3 Å². The predicted molar refractivity (Wildman–Crippen MR) is 60.0 cm³/mol. The van der Waals surface area contributed by atoms with E-state index in [4.69, 9.17) is 0 Å². The third-order valence-corrected chi connectivity index (χ3v) is 3.99. The molecule has 0 saturated heterocycles. The van der Waals surface area contributed by atoms with E-state index in [0.29, 0.717) is 12.8 Å². The third kappa shape index (κ3) is 1.68. The monoisotopic (exact) mass is 222 g/mol. The first kappa shape index (κ1) is 11.4. The van der Waals surface area contributed by atoms with Crippen molar-refractivity contribution in [3.05, 3.63) is 12.2 Å². The van der Waals surface area contributed by atoms with Crippen molar-refractivity contribution >= 4 is 11.8 Å². The van der Waals surface area contributed by atoms with Gasteiger partial charge < -0.3 is 5.11 Å². The van der Waals surface area contributed by atoms with Gasteiger partial charge in [0.05, 0.1) is 0 Å². The molecule has 3 heteroatoms. The Morgan fingerprint density at radius 3 is 2.75 bits per heavy atom. The lowest BCUT2D eigenvalue weighted by atomic mass is 9.62. The molecule has 2 atom stereocenters. The highest BCUT2D eigenvalue weighted by molar-refractivity contribution is 6.04. The third-order valence-electron chi connectivity index (χ3n) is 3.99. The fraction of sp³-hybridized carbons (Fsp3) is 0.692. The molecule has 1 N–H and O–H groups in total. The average molecular weight is 222 g/mol. The van der Waals surface area contributed by atoms with Gasteiger partial charge in [-0.3, -0.25) is 9.59 Å². The fourth-order valence-corrected chi connectivity index (χ4v) is 3.05. The van der Waals surface area contributed by atoms with E-state index in [2.05, 4.69) is 0 Å². The maximum absolute atomic E-state index is 12.0. The lowest BCUT2D eigenvalue weighted by Gasteiger charge is -2.38. The molecular formula is C13H18O3. The van der Waals surface area contributed by atoms with Gasteiger partial charge in [-0.1, -0.05) is 18.6 Å². The second-order valence-electron chi connectivity index (χ2n) is 4.87. The number of aliphatic carboxylic acids is 1. The van der Waals surface area contributed by atoms with E-state index in [1.165, 1.54) is 0 Å². The van der Waals surface area contributed by atoms with Gasteiger partial charge in [0.15, 0.2) is 5.78 Å². The summed E-state index contributed by atoms with van der Waals surface area (Å²) in [5.74, 6) is -1.04. The van der Waals surface area contributed by atoms with Gasteiger partial charge in [0.25, 0.3) is 0 Å². The Morgan fingerprint density at radius 2 is 2.19 bits per heavy atom. The zero-order chi connectivity index (χ0) is 11.6. The van der Waals surface area contributed by atoms with Crippen LogP contribution in [0, 0.1) is 11.3 Å². The molecule has 1 fully saturated rings. The molecule has 0 aromatic heterocycles. The second-order valence-corrected chi connectivity index (χ2v) is 4.87.